The second-order valence-corrected chi connectivity index (χ2v) is 5.55. The van der Waals surface area contributed by atoms with Crippen LogP contribution in [0, 0.1) is 33.5 Å². The van der Waals surface area contributed by atoms with Crippen molar-refractivity contribution in [3.8, 4) is 5.75 Å². The first kappa shape index (κ1) is 16.0. The Hall–Kier alpha value is -2.36. The molecule has 0 aliphatic rings. The molecule has 0 aliphatic carbocycles. The van der Waals surface area contributed by atoms with Crippen LogP contribution in [0.1, 0.15) is 22.3 Å². The number of hydrogen-bond donors (Lipinski definition) is 1. The van der Waals surface area contributed by atoms with E-state index in [0.29, 0.717) is 5.75 Å². The fourth-order valence-corrected chi connectivity index (χ4v) is 2.45. The fraction of sp³-hybridized carbons (Fsp3) is 0.278. The zero-order chi connectivity index (χ0) is 16.3. The summed E-state index contributed by atoms with van der Waals surface area (Å²) in [6.45, 7) is 7.57. The largest absolute Gasteiger partial charge is 0.483 e. The fourth-order valence-electron chi connectivity index (χ4n) is 2.45. The van der Waals surface area contributed by atoms with Crippen LogP contribution >= 0.6 is 0 Å². The lowest BCUT2D eigenvalue weighted by atomic mass is 10.1. The Bertz CT molecular complexity index is 687. The van der Waals surface area contributed by atoms with Crippen molar-refractivity contribution in [3.05, 3.63) is 58.4 Å². The molecule has 0 saturated heterocycles. The van der Waals surface area contributed by atoms with Gasteiger partial charge in [-0.25, -0.2) is 4.39 Å². The number of nitrogens with one attached hydrogen (secondary N) is 1. The zero-order valence-electron chi connectivity index (χ0n) is 13.3. The van der Waals surface area contributed by atoms with Crippen LogP contribution < -0.4 is 10.1 Å². The molecule has 0 bridgehead atoms. The van der Waals surface area contributed by atoms with Gasteiger partial charge in [-0.05, 0) is 56.5 Å². The number of halogens is 1. The Morgan fingerprint density at radius 1 is 1.05 bits per heavy atom. The molecule has 4 heteroatoms. The van der Waals surface area contributed by atoms with Gasteiger partial charge in [0.2, 0.25) is 0 Å². The minimum Gasteiger partial charge on any atom is -0.483 e. The van der Waals surface area contributed by atoms with Gasteiger partial charge in [0.05, 0.1) is 5.69 Å². The zero-order valence-corrected chi connectivity index (χ0v) is 13.3. The average molecular weight is 301 g/mol. The molecule has 0 heterocycles. The van der Waals surface area contributed by atoms with E-state index in [2.05, 4.69) is 5.32 Å². The topological polar surface area (TPSA) is 38.3 Å². The highest BCUT2D eigenvalue weighted by Crippen LogP contribution is 2.24. The van der Waals surface area contributed by atoms with Crippen LogP contribution in [0.3, 0.4) is 0 Å². The van der Waals surface area contributed by atoms with Crippen molar-refractivity contribution in [2.45, 2.75) is 27.7 Å². The van der Waals surface area contributed by atoms with E-state index in [4.69, 9.17) is 4.74 Å². The Morgan fingerprint density at radius 3 is 2.32 bits per heavy atom. The molecule has 0 fully saturated rings. The number of carbonyl (C=O) groups is 1. The Morgan fingerprint density at radius 2 is 1.68 bits per heavy atom. The summed E-state index contributed by atoms with van der Waals surface area (Å²) in [4.78, 5) is 11.9. The summed E-state index contributed by atoms with van der Waals surface area (Å²) in [7, 11) is 0. The number of benzene rings is 2. The summed E-state index contributed by atoms with van der Waals surface area (Å²) in [6, 6.07) is 8.58. The number of hydrogen-bond acceptors (Lipinski definition) is 2. The lowest BCUT2D eigenvalue weighted by molar-refractivity contribution is -0.118. The van der Waals surface area contributed by atoms with E-state index in [1.807, 2.05) is 39.8 Å². The van der Waals surface area contributed by atoms with Gasteiger partial charge in [0, 0.05) is 0 Å². The van der Waals surface area contributed by atoms with Gasteiger partial charge in [0.25, 0.3) is 5.91 Å². The van der Waals surface area contributed by atoms with Crippen molar-refractivity contribution >= 4 is 11.6 Å². The molecule has 1 amide bonds. The van der Waals surface area contributed by atoms with Gasteiger partial charge >= 0.3 is 0 Å². The molecule has 22 heavy (non-hydrogen) atoms. The SMILES string of the molecule is Cc1cc(C)c(OCC(=O)Nc2cc(C)ccc2F)c(C)c1. The van der Waals surface area contributed by atoms with Crippen molar-refractivity contribution in [1.82, 2.24) is 0 Å². The lowest BCUT2D eigenvalue weighted by Gasteiger charge is -2.13. The second kappa shape index (κ2) is 6.60. The van der Waals surface area contributed by atoms with E-state index in [0.717, 1.165) is 22.3 Å². The second-order valence-electron chi connectivity index (χ2n) is 5.55. The lowest BCUT2D eigenvalue weighted by Crippen LogP contribution is -2.21. The van der Waals surface area contributed by atoms with Crippen LogP contribution in [-0.2, 0) is 4.79 Å². The van der Waals surface area contributed by atoms with E-state index in [-0.39, 0.29) is 18.2 Å². The maximum atomic E-state index is 13.6. The molecule has 0 spiro atoms. The third-order valence-electron chi connectivity index (χ3n) is 3.35. The number of anilines is 1. The number of ether oxygens (including phenoxy) is 1. The molecular weight excluding hydrogens is 281 g/mol. The monoisotopic (exact) mass is 301 g/mol. The minimum atomic E-state index is -0.457. The van der Waals surface area contributed by atoms with Crippen molar-refractivity contribution in [2.75, 3.05) is 11.9 Å². The molecule has 0 unspecified atom stereocenters. The highest BCUT2D eigenvalue weighted by atomic mass is 19.1. The number of aryl methyl sites for hydroxylation is 4. The molecule has 0 radical (unpaired) electrons. The highest BCUT2D eigenvalue weighted by Gasteiger charge is 2.10. The molecule has 2 aromatic carbocycles. The summed E-state index contributed by atoms with van der Waals surface area (Å²) in [5, 5.41) is 2.53. The van der Waals surface area contributed by atoms with Crippen LogP contribution in [0.2, 0.25) is 0 Å². The molecule has 0 saturated carbocycles. The van der Waals surface area contributed by atoms with Crippen LogP contribution in [0.4, 0.5) is 10.1 Å². The van der Waals surface area contributed by atoms with Gasteiger partial charge in [-0.3, -0.25) is 4.79 Å². The molecule has 0 aliphatic heterocycles. The first-order valence-corrected chi connectivity index (χ1v) is 7.13. The molecule has 2 aromatic rings. The first-order chi connectivity index (χ1) is 10.4. The van der Waals surface area contributed by atoms with Gasteiger partial charge in [-0.1, -0.05) is 23.8 Å². The molecular formula is C18H20FNO2. The minimum absolute atomic E-state index is 0.155. The third kappa shape index (κ3) is 3.85. The molecule has 2 rings (SSSR count). The van der Waals surface area contributed by atoms with Crippen molar-refractivity contribution < 1.29 is 13.9 Å². The summed E-state index contributed by atoms with van der Waals surface area (Å²) < 4.78 is 19.2. The quantitative estimate of drug-likeness (QED) is 0.924. The molecule has 0 atom stereocenters. The molecule has 1 N–H and O–H groups in total. The summed E-state index contributed by atoms with van der Waals surface area (Å²) >= 11 is 0. The highest BCUT2D eigenvalue weighted by molar-refractivity contribution is 5.92. The summed E-state index contributed by atoms with van der Waals surface area (Å²) in [5.41, 5.74) is 4.15. The molecule has 0 aromatic heterocycles. The van der Waals surface area contributed by atoms with Crippen LogP contribution in [-0.4, -0.2) is 12.5 Å². The van der Waals surface area contributed by atoms with E-state index in [1.54, 1.807) is 12.1 Å². The molecule has 3 nitrogen and oxygen atoms in total. The summed E-state index contributed by atoms with van der Waals surface area (Å²) in [5.74, 6) is -0.143. The Balaban J connectivity index is 2.03. The van der Waals surface area contributed by atoms with Crippen molar-refractivity contribution in [3.63, 3.8) is 0 Å². The van der Waals surface area contributed by atoms with Gasteiger partial charge < -0.3 is 10.1 Å². The van der Waals surface area contributed by atoms with Gasteiger partial charge in [0.1, 0.15) is 11.6 Å². The standard InChI is InChI=1S/C18H20FNO2/c1-11-5-6-15(19)16(9-11)20-17(21)10-22-18-13(3)7-12(2)8-14(18)4/h5-9H,10H2,1-4H3,(H,20,21). The van der Waals surface area contributed by atoms with E-state index < -0.39 is 5.82 Å². The van der Waals surface area contributed by atoms with E-state index in [9.17, 15) is 9.18 Å². The van der Waals surface area contributed by atoms with Gasteiger partial charge in [-0.15, -0.1) is 0 Å². The predicted molar refractivity (Wildman–Crippen MR) is 85.9 cm³/mol. The maximum Gasteiger partial charge on any atom is 0.262 e. The van der Waals surface area contributed by atoms with E-state index in [1.165, 1.54) is 6.07 Å². The molecule has 116 valence electrons. The van der Waals surface area contributed by atoms with Crippen molar-refractivity contribution in [2.24, 2.45) is 0 Å². The average Bonchev–Trinajstić information content (AvgIpc) is 2.41. The summed E-state index contributed by atoms with van der Waals surface area (Å²) in [6.07, 6.45) is 0. The maximum absolute atomic E-state index is 13.6. The number of carbonyl (C=O) groups excluding carboxylic acids is 1. The third-order valence-corrected chi connectivity index (χ3v) is 3.35. The first-order valence-electron chi connectivity index (χ1n) is 7.13. The predicted octanol–water partition coefficient (Wildman–Crippen LogP) is 4.08. The van der Waals surface area contributed by atoms with E-state index >= 15 is 0 Å². The van der Waals surface area contributed by atoms with Gasteiger partial charge in [0.15, 0.2) is 6.61 Å². The van der Waals surface area contributed by atoms with Gasteiger partial charge in [-0.2, -0.15) is 0 Å². The van der Waals surface area contributed by atoms with Crippen molar-refractivity contribution in [1.29, 1.82) is 0 Å². The number of amides is 1. The normalized spacial score (nSPS) is 10.4. The number of rotatable bonds is 4. The van der Waals surface area contributed by atoms with Crippen LogP contribution in [0.5, 0.6) is 5.75 Å². The van der Waals surface area contributed by atoms with Crippen LogP contribution in [0.25, 0.3) is 0 Å². The smallest absolute Gasteiger partial charge is 0.262 e. The van der Waals surface area contributed by atoms with Crippen LogP contribution in [0.15, 0.2) is 30.3 Å². The Kier molecular flexibility index (Phi) is 4.81. The Labute approximate surface area is 130 Å².